The van der Waals surface area contributed by atoms with Gasteiger partial charge in [0.25, 0.3) is 0 Å². The van der Waals surface area contributed by atoms with Gasteiger partial charge in [0, 0.05) is 31.4 Å². The molecule has 2 aromatic rings. The van der Waals surface area contributed by atoms with Gasteiger partial charge < -0.3 is 10.2 Å². The number of nitrogens with zero attached hydrogens (tertiary/aromatic N) is 5. The molecule has 126 valence electrons. The van der Waals surface area contributed by atoms with Crippen molar-refractivity contribution in [3.8, 4) is 5.69 Å². The second kappa shape index (κ2) is 6.60. The summed E-state index contributed by atoms with van der Waals surface area (Å²) in [6.45, 7) is 3.81. The van der Waals surface area contributed by atoms with E-state index in [0.717, 1.165) is 31.0 Å². The standard InChI is InChI=1S/C17H22N6O/c24-17(22-12-11-21-10-2-1-3-16(21)13-22)20-14-4-6-15(7-5-14)23-18-8-9-19-23/h4-9,16H,1-3,10-13H2,(H,20,24). The molecule has 0 spiro atoms. The van der Waals surface area contributed by atoms with Crippen molar-refractivity contribution >= 4 is 11.7 Å². The Morgan fingerprint density at radius 1 is 1.04 bits per heavy atom. The van der Waals surface area contributed by atoms with Crippen molar-refractivity contribution in [3.63, 3.8) is 0 Å². The lowest BCUT2D eigenvalue weighted by molar-refractivity contribution is 0.0678. The van der Waals surface area contributed by atoms with Crippen molar-refractivity contribution in [3.05, 3.63) is 36.7 Å². The predicted molar refractivity (Wildman–Crippen MR) is 91.2 cm³/mol. The molecule has 2 amide bonds. The van der Waals surface area contributed by atoms with E-state index in [1.54, 1.807) is 17.2 Å². The summed E-state index contributed by atoms with van der Waals surface area (Å²) in [5.74, 6) is 0. The molecule has 1 aromatic heterocycles. The Balaban J connectivity index is 1.37. The molecule has 0 aliphatic carbocycles. The van der Waals surface area contributed by atoms with Gasteiger partial charge in [-0.25, -0.2) is 4.79 Å². The van der Waals surface area contributed by atoms with E-state index < -0.39 is 0 Å². The molecule has 1 aromatic carbocycles. The number of fused-ring (bicyclic) bond motifs is 1. The number of amides is 2. The second-order valence-corrected chi connectivity index (χ2v) is 6.43. The number of hydrogen-bond acceptors (Lipinski definition) is 4. The lowest BCUT2D eigenvalue weighted by atomic mass is 10.00. The number of piperazine rings is 1. The van der Waals surface area contributed by atoms with E-state index in [1.807, 2.05) is 29.2 Å². The van der Waals surface area contributed by atoms with E-state index in [-0.39, 0.29) is 6.03 Å². The van der Waals surface area contributed by atoms with Crippen LogP contribution in [0.15, 0.2) is 36.7 Å². The summed E-state index contributed by atoms with van der Waals surface area (Å²) in [6.07, 6.45) is 7.05. The lowest BCUT2D eigenvalue weighted by Gasteiger charge is -2.43. The summed E-state index contributed by atoms with van der Waals surface area (Å²) in [7, 11) is 0. The number of rotatable bonds is 2. The highest BCUT2D eigenvalue weighted by Gasteiger charge is 2.30. The van der Waals surface area contributed by atoms with Gasteiger partial charge in [0.2, 0.25) is 0 Å². The van der Waals surface area contributed by atoms with E-state index >= 15 is 0 Å². The highest BCUT2D eigenvalue weighted by molar-refractivity contribution is 5.89. The molecule has 4 rings (SSSR count). The lowest BCUT2D eigenvalue weighted by Crippen LogP contribution is -2.56. The molecule has 2 aliphatic rings. The molecule has 1 unspecified atom stereocenters. The Labute approximate surface area is 141 Å². The third kappa shape index (κ3) is 3.12. The highest BCUT2D eigenvalue weighted by Crippen LogP contribution is 2.21. The molecule has 0 radical (unpaired) electrons. The number of anilines is 1. The molecule has 2 saturated heterocycles. The van der Waals surface area contributed by atoms with Crippen LogP contribution < -0.4 is 5.32 Å². The molecular weight excluding hydrogens is 304 g/mol. The van der Waals surface area contributed by atoms with Gasteiger partial charge in [-0.2, -0.15) is 15.0 Å². The van der Waals surface area contributed by atoms with Crippen LogP contribution in [0.25, 0.3) is 5.69 Å². The third-order valence-electron chi connectivity index (χ3n) is 4.89. The van der Waals surface area contributed by atoms with Gasteiger partial charge in [0.15, 0.2) is 0 Å². The molecule has 2 fully saturated rings. The Kier molecular flexibility index (Phi) is 4.17. The van der Waals surface area contributed by atoms with Gasteiger partial charge in [0.05, 0.1) is 18.1 Å². The number of benzene rings is 1. The number of urea groups is 1. The molecule has 7 nitrogen and oxygen atoms in total. The first kappa shape index (κ1) is 15.1. The fourth-order valence-corrected chi connectivity index (χ4v) is 3.57. The summed E-state index contributed by atoms with van der Waals surface area (Å²) in [5, 5.41) is 11.2. The van der Waals surface area contributed by atoms with Gasteiger partial charge in [-0.1, -0.05) is 6.42 Å². The predicted octanol–water partition coefficient (Wildman–Crippen LogP) is 1.97. The minimum atomic E-state index is -0.00909. The Hall–Kier alpha value is -2.41. The Morgan fingerprint density at radius 3 is 2.62 bits per heavy atom. The van der Waals surface area contributed by atoms with Crippen LogP contribution >= 0.6 is 0 Å². The van der Waals surface area contributed by atoms with Crippen molar-refractivity contribution in [2.24, 2.45) is 0 Å². The van der Waals surface area contributed by atoms with Gasteiger partial charge in [-0.05, 0) is 43.7 Å². The van der Waals surface area contributed by atoms with Crippen molar-refractivity contribution < 1.29 is 4.79 Å². The maximum absolute atomic E-state index is 12.5. The maximum Gasteiger partial charge on any atom is 0.321 e. The number of carbonyl (C=O) groups excluding carboxylic acids is 1. The minimum Gasteiger partial charge on any atom is -0.322 e. The van der Waals surface area contributed by atoms with Crippen LogP contribution in [0.2, 0.25) is 0 Å². The molecule has 24 heavy (non-hydrogen) atoms. The normalized spacial score (nSPS) is 21.3. The maximum atomic E-state index is 12.5. The SMILES string of the molecule is O=C(Nc1ccc(-n2nccn2)cc1)N1CCN2CCCCC2C1. The smallest absolute Gasteiger partial charge is 0.321 e. The van der Waals surface area contributed by atoms with Crippen LogP contribution in [0.5, 0.6) is 0 Å². The molecule has 0 bridgehead atoms. The fraction of sp³-hybridized carbons (Fsp3) is 0.471. The van der Waals surface area contributed by atoms with Crippen LogP contribution in [-0.4, -0.2) is 63.0 Å². The molecule has 2 aliphatic heterocycles. The summed E-state index contributed by atoms with van der Waals surface area (Å²) in [5.41, 5.74) is 1.66. The first-order valence-corrected chi connectivity index (χ1v) is 8.56. The van der Waals surface area contributed by atoms with Crippen LogP contribution in [0.4, 0.5) is 10.5 Å². The van der Waals surface area contributed by atoms with Crippen LogP contribution in [-0.2, 0) is 0 Å². The monoisotopic (exact) mass is 326 g/mol. The van der Waals surface area contributed by atoms with Crippen molar-refractivity contribution in [2.75, 3.05) is 31.5 Å². The van der Waals surface area contributed by atoms with Crippen molar-refractivity contribution in [2.45, 2.75) is 25.3 Å². The molecule has 0 saturated carbocycles. The number of nitrogens with one attached hydrogen (secondary N) is 1. The Morgan fingerprint density at radius 2 is 1.83 bits per heavy atom. The van der Waals surface area contributed by atoms with Crippen molar-refractivity contribution in [1.82, 2.24) is 24.8 Å². The van der Waals surface area contributed by atoms with E-state index in [1.165, 1.54) is 25.8 Å². The molecule has 1 atom stereocenters. The zero-order valence-electron chi connectivity index (χ0n) is 13.6. The average Bonchev–Trinajstić information content (AvgIpc) is 3.16. The molecule has 7 heteroatoms. The molecule has 1 N–H and O–H groups in total. The first-order valence-electron chi connectivity index (χ1n) is 8.56. The van der Waals surface area contributed by atoms with E-state index in [0.29, 0.717) is 6.04 Å². The summed E-state index contributed by atoms with van der Waals surface area (Å²) in [6, 6.07) is 8.08. The van der Waals surface area contributed by atoms with E-state index in [2.05, 4.69) is 20.4 Å². The average molecular weight is 326 g/mol. The second-order valence-electron chi connectivity index (χ2n) is 6.43. The van der Waals surface area contributed by atoms with Gasteiger partial charge >= 0.3 is 6.03 Å². The van der Waals surface area contributed by atoms with Crippen LogP contribution in [0, 0.1) is 0 Å². The number of carbonyl (C=O) groups is 1. The zero-order valence-corrected chi connectivity index (χ0v) is 13.6. The summed E-state index contributed by atoms with van der Waals surface area (Å²) < 4.78 is 0. The quantitative estimate of drug-likeness (QED) is 0.916. The van der Waals surface area contributed by atoms with Crippen LogP contribution in [0.3, 0.4) is 0 Å². The fourth-order valence-electron chi connectivity index (χ4n) is 3.57. The number of hydrogen-bond donors (Lipinski definition) is 1. The van der Waals surface area contributed by atoms with Gasteiger partial charge in [-0.15, -0.1) is 0 Å². The van der Waals surface area contributed by atoms with Gasteiger partial charge in [0.1, 0.15) is 0 Å². The zero-order chi connectivity index (χ0) is 16.4. The first-order chi connectivity index (χ1) is 11.8. The van der Waals surface area contributed by atoms with E-state index in [4.69, 9.17) is 0 Å². The largest absolute Gasteiger partial charge is 0.322 e. The number of aromatic nitrogens is 3. The molecular formula is C17H22N6O. The van der Waals surface area contributed by atoms with Gasteiger partial charge in [-0.3, -0.25) is 4.90 Å². The Bertz CT molecular complexity index is 684. The summed E-state index contributed by atoms with van der Waals surface area (Å²) >= 11 is 0. The summed E-state index contributed by atoms with van der Waals surface area (Å²) in [4.78, 5) is 18.5. The highest BCUT2D eigenvalue weighted by atomic mass is 16.2. The van der Waals surface area contributed by atoms with E-state index in [9.17, 15) is 4.79 Å². The third-order valence-corrected chi connectivity index (χ3v) is 4.89. The van der Waals surface area contributed by atoms with Crippen molar-refractivity contribution in [1.29, 1.82) is 0 Å². The minimum absolute atomic E-state index is 0.00909. The topological polar surface area (TPSA) is 66.3 Å². The number of piperidine rings is 1. The van der Waals surface area contributed by atoms with Crippen LogP contribution in [0.1, 0.15) is 19.3 Å². The molecule has 3 heterocycles.